The van der Waals surface area contributed by atoms with E-state index in [0.29, 0.717) is 28.8 Å². The summed E-state index contributed by atoms with van der Waals surface area (Å²) < 4.78 is 6.46. The highest BCUT2D eigenvalue weighted by atomic mass is 79.9. The molecule has 2 amide bonds. The summed E-state index contributed by atoms with van der Waals surface area (Å²) in [5, 5.41) is 3.80. The van der Waals surface area contributed by atoms with Crippen molar-refractivity contribution in [2.24, 2.45) is 0 Å². The highest BCUT2D eigenvalue weighted by Crippen LogP contribution is 2.28. The lowest BCUT2D eigenvalue weighted by molar-refractivity contribution is -0.143. The molecule has 8 heteroatoms. The Morgan fingerprint density at radius 1 is 1.13 bits per heavy atom. The molecular weight excluding hydrogens is 491 g/mol. The second-order valence-electron chi connectivity index (χ2n) is 6.69. The molecule has 2 rings (SSSR count). The molecule has 1 atom stereocenters. The van der Waals surface area contributed by atoms with Gasteiger partial charge in [0.1, 0.15) is 11.8 Å². The van der Waals surface area contributed by atoms with Crippen LogP contribution in [0.2, 0.25) is 10.0 Å². The summed E-state index contributed by atoms with van der Waals surface area (Å²) in [7, 11) is 0. The Morgan fingerprint density at radius 3 is 2.50 bits per heavy atom. The minimum Gasteiger partial charge on any atom is -0.482 e. The number of carbonyl (C=O) groups is 2. The van der Waals surface area contributed by atoms with Crippen molar-refractivity contribution in [3.8, 4) is 5.75 Å². The molecule has 0 spiro atoms. The van der Waals surface area contributed by atoms with E-state index in [0.717, 1.165) is 16.5 Å². The SMILES string of the molecule is CCCNC(=O)[C@@H](CC)N(Cc1ccccc1Cl)C(=O)COc1ccc(Br)cc1Cl. The number of nitrogens with zero attached hydrogens (tertiary/aromatic N) is 1. The summed E-state index contributed by atoms with van der Waals surface area (Å²) in [5.41, 5.74) is 0.760. The van der Waals surface area contributed by atoms with Gasteiger partial charge in [0.25, 0.3) is 5.91 Å². The van der Waals surface area contributed by atoms with Crippen LogP contribution in [0.5, 0.6) is 5.75 Å². The predicted octanol–water partition coefficient (Wildman–Crippen LogP) is 5.47. The Balaban J connectivity index is 2.22. The number of rotatable bonds is 10. The van der Waals surface area contributed by atoms with Crippen molar-refractivity contribution >= 4 is 50.9 Å². The first-order valence-corrected chi connectivity index (χ1v) is 11.3. The van der Waals surface area contributed by atoms with E-state index in [4.69, 9.17) is 27.9 Å². The summed E-state index contributed by atoms with van der Waals surface area (Å²) in [6.45, 7) is 4.35. The van der Waals surface area contributed by atoms with Crippen molar-refractivity contribution in [3.05, 3.63) is 62.5 Å². The molecule has 2 aromatic rings. The van der Waals surface area contributed by atoms with Gasteiger partial charge >= 0.3 is 0 Å². The monoisotopic (exact) mass is 514 g/mol. The standard InChI is InChI=1S/C22H25BrCl2N2O3/c1-3-11-26-22(29)19(4-2)27(13-15-7-5-6-8-17(15)24)21(28)14-30-20-10-9-16(23)12-18(20)25/h5-10,12,19H,3-4,11,13-14H2,1-2H3,(H,26,29)/t19-/m1/s1. The molecule has 0 heterocycles. The molecule has 0 saturated heterocycles. The predicted molar refractivity (Wildman–Crippen MR) is 124 cm³/mol. The van der Waals surface area contributed by atoms with E-state index in [1.165, 1.54) is 4.90 Å². The number of benzene rings is 2. The van der Waals surface area contributed by atoms with Gasteiger partial charge in [0.2, 0.25) is 5.91 Å². The topological polar surface area (TPSA) is 58.6 Å². The van der Waals surface area contributed by atoms with Gasteiger partial charge in [0, 0.05) is 22.6 Å². The number of nitrogens with one attached hydrogen (secondary N) is 1. The van der Waals surface area contributed by atoms with Crippen LogP contribution < -0.4 is 10.1 Å². The van der Waals surface area contributed by atoms with Crippen LogP contribution in [0, 0.1) is 0 Å². The minimum atomic E-state index is -0.635. The smallest absolute Gasteiger partial charge is 0.261 e. The quantitative estimate of drug-likeness (QED) is 0.456. The van der Waals surface area contributed by atoms with Crippen molar-refractivity contribution in [2.75, 3.05) is 13.2 Å². The lowest BCUT2D eigenvalue weighted by Gasteiger charge is -2.30. The molecule has 0 saturated carbocycles. The van der Waals surface area contributed by atoms with Crippen LogP contribution in [0.15, 0.2) is 46.9 Å². The van der Waals surface area contributed by atoms with Crippen LogP contribution in [0.3, 0.4) is 0 Å². The first kappa shape index (κ1) is 24.5. The number of ether oxygens (including phenoxy) is 1. The molecular formula is C22H25BrCl2N2O3. The second kappa shape index (κ2) is 12.2. The Labute approximate surface area is 195 Å². The van der Waals surface area contributed by atoms with Gasteiger partial charge in [0.05, 0.1) is 5.02 Å². The molecule has 2 aromatic carbocycles. The van der Waals surface area contributed by atoms with Crippen LogP contribution in [0.4, 0.5) is 0 Å². The van der Waals surface area contributed by atoms with Gasteiger partial charge < -0.3 is 15.0 Å². The third-order valence-electron chi connectivity index (χ3n) is 4.48. The Bertz CT molecular complexity index is 879. The summed E-state index contributed by atoms with van der Waals surface area (Å²) >= 11 is 15.8. The van der Waals surface area contributed by atoms with E-state index in [-0.39, 0.29) is 25.0 Å². The van der Waals surface area contributed by atoms with Crippen LogP contribution in [0.1, 0.15) is 32.3 Å². The minimum absolute atomic E-state index is 0.193. The zero-order valence-electron chi connectivity index (χ0n) is 17.0. The molecule has 0 radical (unpaired) electrons. The molecule has 5 nitrogen and oxygen atoms in total. The van der Waals surface area contributed by atoms with Gasteiger partial charge in [0.15, 0.2) is 6.61 Å². The van der Waals surface area contributed by atoms with Crippen molar-refractivity contribution in [3.63, 3.8) is 0 Å². The summed E-state index contributed by atoms with van der Waals surface area (Å²) in [4.78, 5) is 27.3. The zero-order chi connectivity index (χ0) is 22.1. The lowest BCUT2D eigenvalue weighted by Crippen LogP contribution is -2.50. The molecule has 0 unspecified atom stereocenters. The molecule has 162 valence electrons. The van der Waals surface area contributed by atoms with E-state index in [2.05, 4.69) is 21.2 Å². The van der Waals surface area contributed by atoms with Crippen molar-refractivity contribution in [1.82, 2.24) is 10.2 Å². The van der Waals surface area contributed by atoms with E-state index in [9.17, 15) is 9.59 Å². The van der Waals surface area contributed by atoms with Gasteiger partial charge in [-0.1, -0.05) is 71.2 Å². The molecule has 0 aliphatic heterocycles. The van der Waals surface area contributed by atoms with Crippen LogP contribution in [0.25, 0.3) is 0 Å². The molecule has 0 fully saturated rings. The lowest BCUT2D eigenvalue weighted by atomic mass is 10.1. The summed E-state index contributed by atoms with van der Waals surface area (Å²) in [5.74, 6) is -0.122. The maximum Gasteiger partial charge on any atom is 0.261 e. The molecule has 0 aromatic heterocycles. The highest BCUT2D eigenvalue weighted by molar-refractivity contribution is 9.10. The Kier molecular flexibility index (Phi) is 9.95. The maximum absolute atomic E-state index is 13.1. The second-order valence-corrected chi connectivity index (χ2v) is 8.42. The van der Waals surface area contributed by atoms with Crippen molar-refractivity contribution in [2.45, 2.75) is 39.3 Å². The summed E-state index contributed by atoms with van der Waals surface area (Å²) in [6, 6.07) is 11.8. The molecule has 1 N–H and O–H groups in total. The van der Waals surface area contributed by atoms with Crippen molar-refractivity contribution in [1.29, 1.82) is 0 Å². The molecule has 30 heavy (non-hydrogen) atoms. The third kappa shape index (κ3) is 6.89. The molecule has 0 aliphatic rings. The fourth-order valence-electron chi connectivity index (χ4n) is 2.91. The zero-order valence-corrected chi connectivity index (χ0v) is 20.1. The summed E-state index contributed by atoms with van der Waals surface area (Å²) in [6.07, 6.45) is 1.27. The maximum atomic E-state index is 13.1. The first-order chi connectivity index (χ1) is 14.4. The number of hydrogen-bond acceptors (Lipinski definition) is 3. The van der Waals surface area contributed by atoms with Gasteiger partial charge in [-0.05, 0) is 42.7 Å². The fraction of sp³-hybridized carbons (Fsp3) is 0.364. The number of carbonyl (C=O) groups excluding carboxylic acids is 2. The Morgan fingerprint density at radius 2 is 1.87 bits per heavy atom. The fourth-order valence-corrected chi connectivity index (χ4v) is 3.83. The molecule has 0 bridgehead atoms. The number of amides is 2. The van der Waals surface area contributed by atoms with E-state index < -0.39 is 6.04 Å². The van der Waals surface area contributed by atoms with Crippen LogP contribution >= 0.6 is 39.1 Å². The van der Waals surface area contributed by atoms with E-state index >= 15 is 0 Å². The van der Waals surface area contributed by atoms with Crippen molar-refractivity contribution < 1.29 is 14.3 Å². The molecule has 0 aliphatic carbocycles. The van der Waals surface area contributed by atoms with Crippen LogP contribution in [-0.2, 0) is 16.1 Å². The average Bonchev–Trinajstić information content (AvgIpc) is 2.72. The van der Waals surface area contributed by atoms with Gasteiger partial charge in [-0.2, -0.15) is 0 Å². The number of hydrogen-bond donors (Lipinski definition) is 1. The average molecular weight is 516 g/mol. The highest BCUT2D eigenvalue weighted by Gasteiger charge is 2.29. The van der Waals surface area contributed by atoms with Gasteiger partial charge in [-0.15, -0.1) is 0 Å². The normalized spacial score (nSPS) is 11.6. The van der Waals surface area contributed by atoms with Crippen LogP contribution in [-0.4, -0.2) is 35.9 Å². The van der Waals surface area contributed by atoms with E-state index in [1.54, 1.807) is 24.3 Å². The van der Waals surface area contributed by atoms with Gasteiger partial charge in [-0.3, -0.25) is 9.59 Å². The first-order valence-electron chi connectivity index (χ1n) is 9.75. The third-order valence-corrected chi connectivity index (χ3v) is 5.64. The Hall–Kier alpha value is -1.76. The number of halogens is 3. The van der Waals surface area contributed by atoms with Gasteiger partial charge in [-0.25, -0.2) is 0 Å². The largest absolute Gasteiger partial charge is 0.482 e. The van der Waals surface area contributed by atoms with E-state index in [1.807, 2.05) is 32.0 Å².